The number of β-lactam (4-membered cyclic amide) rings is 1. The Morgan fingerprint density at radius 2 is 1.44 bits per heavy atom. The van der Waals surface area contributed by atoms with Crippen molar-refractivity contribution in [1.82, 2.24) is 10.2 Å². The van der Waals surface area contributed by atoms with Gasteiger partial charge in [-0.1, -0.05) is 91.0 Å². The van der Waals surface area contributed by atoms with Crippen LogP contribution < -0.4 is 5.32 Å². The average molecular weight is 503 g/mol. The molecule has 0 radical (unpaired) electrons. The largest absolute Gasteiger partial charge is 0.479 e. The third kappa shape index (κ3) is 3.47. The first-order chi connectivity index (χ1) is 17.3. The van der Waals surface area contributed by atoms with E-state index in [-0.39, 0.29) is 18.7 Å². The van der Waals surface area contributed by atoms with E-state index in [0.29, 0.717) is 5.56 Å². The lowest BCUT2D eigenvalue weighted by atomic mass is 9.72. The zero-order valence-corrected chi connectivity index (χ0v) is 20.5. The van der Waals surface area contributed by atoms with Crippen LogP contribution in [-0.4, -0.2) is 48.2 Å². The summed E-state index contributed by atoms with van der Waals surface area (Å²) in [5.74, 6) is -2.17. The van der Waals surface area contributed by atoms with Crippen molar-refractivity contribution in [3.05, 3.63) is 108 Å². The number of nitrogens with zero attached hydrogens (tertiary/aromatic N) is 1. The van der Waals surface area contributed by atoms with E-state index in [1.54, 1.807) is 37.3 Å². The molecule has 36 heavy (non-hydrogen) atoms. The second kappa shape index (κ2) is 9.02. The van der Waals surface area contributed by atoms with Crippen molar-refractivity contribution in [1.29, 1.82) is 0 Å². The lowest BCUT2D eigenvalue weighted by Crippen LogP contribution is -2.74. The molecule has 2 saturated heterocycles. The van der Waals surface area contributed by atoms with E-state index in [9.17, 15) is 23.7 Å². The summed E-state index contributed by atoms with van der Waals surface area (Å²) >= 11 is 0. The second-order valence-corrected chi connectivity index (χ2v) is 11.4. The van der Waals surface area contributed by atoms with E-state index < -0.39 is 44.4 Å². The highest BCUT2D eigenvalue weighted by Gasteiger charge is 2.78. The SMILES string of the molecule is CC1(Cc2ccccc2)[S@](=O)[C@@H]2[C@@H](NC(=O)Cc3ccccc3)C(=O)N2[C@]1(C(=O)O)c1ccccc1. The van der Waals surface area contributed by atoms with Crippen molar-refractivity contribution >= 4 is 28.6 Å². The Balaban J connectivity index is 1.55. The molecular formula is C28H26N2O5S. The first-order valence-electron chi connectivity index (χ1n) is 11.7. The molecule has 2 heterocycles. The first kappa shape index (κ1) is 23.9. The number of nitrogens with one attached hydrogen (secondary N) is 1. The van der Waals surface area contributed by atoms with Crippen molar-refractivity contribution in [2.75, 3.05) is 0 Å². The Morgan fingerprint density at radius 3 is 2.00 bits per heavy atom. The van der Waals surface area contributed by atoms with Gasteiger partial charge in [-0.2, -0.15) is 0 Å². The smallest absolute Gasteiger partial charge is 0.335 e. The molecule has 0 aliphatic carbocycles. The maximum atomic E-state index is 14.2. The van der Waals surface area contributed by atoms with Gasteiger partial charge in [-0.25, -0.2) is 4.79 Å². The molecule has 0 aromatic heterocycles. The van der Waals surface area contributed by atoms with Crippen molar-refractivity contribution in [2.24, 2.45) is 0 Å². The summed E-state index contributed by atoms with van der Waals surface area (Å²) in [4.78, 5) is 40.7. The summed E-state index contributed by atoms with van der Waals surface area (Å²) in [5.41, 5.74) is 0.116. The number of carboxylic acids is 1. The number of carbonyl (C=O) groups excluding carboxylic acids is 2. The summed E-state index contributed by atoms with van der Waals surface area (Å²) in [7, 11) is -1.81. The zero-order chi connectivity index (χ0) is 25.5. The molecule has 5 atom stereocenters. The number of benzene rings is 3. The van der Waals surface area contributed by atoms with Crippen molar-refractivity contribution in [3.63, 3.8) is 0 Å². The van der Waals surface area contributed by atoms with E-state index in [1.165, 1.54) is 4.90 Å². The zero-order valence-electron chi connectivity index (χ0n) is 19.7. The van der Waals surface area contributed by atoms with Crippen LogP contribution in [0.5, 0.6) is 0 Å². The van der Waals surface area contributed by atoms with Gasteiger partial charge < -0.3 is 15.3 Å². The predicted octanol–water partition coefficient (Wildman–Crippen LogP) is 2.63. The number of fused-ring (bicyclic) bond motifs is 1. The highest BCUT2D eigenvalue weighted by atomic mass is 32.2. The molecule has 3 aromatic carbocycles. The molecule has 1 unspecified atom stereocenters. The number of carbonyl (C=O) groups is 3. The quantitative estimate of drug-likeness (QED) is 0.484. The van der Waals surface area contributed by atoms with E-state index in [2.05, 4.69) is 5.32 Å². The van der Waals surface area contributed by atoms with Gasteiger partial charge in [-0.05, 0) is 30.0 Å². The molecule has 0 bridgehead atoms. The minimum absolute atomic E-state index is 0.0635. The van der Waals surface area contributed by atoms with Gasteiger partial charge in [0.15, 0.2) is 5.54 Å². The maximum absolute atomic E-state index is 14.2. The van der Waals surface area contributed by atoms with Crippen LogP contribution in [0.4, 0.5) is 0 Å². The molecule has 2 amide bonds. The molecule has 0 spiro atoms. The summed E-state index contributed by atoms with van der Waals surface area (Å²) in [5, 5.41) is 12.5. The molecule has 5 rings (SSSR count). The predicted molar refractivity (Wildman–Crippen MR) is 135 cm³/mol. The van der Waals surface area contributed by atoms with Crippen LogP contribution in [0, 0.1) is 0 Å². The summed E-state index contributed by atoms with van der Waals surface area (Å²) in [6.45, 7) is 1.67. The van der Waals surface area contributed by atoms with Crippen LogP contribution in [0.3, 0.4) is 0 Å². The Labute approximate surface area is 211 Å². The number of carboxylic acid groups (broad SMARTS) is 1. The fourth-order valence-corrected chi connectivity index (χ4v) is 7.93. The van der Waals surface area contributed by atoms with Crippen LogP contribution in [0.1, 0.15) is 23.6 Å². The van der Waals surface area contributed by atoms with Crippen molar-refractivity contribution < 1.29 is 23.7 Å². The third-order valence-corrected chi connectivity index (χ3v) is 9.49. The van der Waals surface area contributed by atoms with Gasteiger partial charge in [-0.3, -0.25) is 13.8 Å². The molecule has 0 saturated carbocycles. The molecule has 2 aliphatic heterocycles. The maximum Gasteiger partial charge on any atom is 0.335 e. The lowest BCUT2D eigenvalue weighted by Gasteiger charge is -2.50. The number of hydrogen-bond donors (Lipinski definition) is 2. The van der Waals surface area contributed by atoms with Gasteiger partial charge in [-0.15, -0.1) is 0 Å². The fourth-order valence-electron chi connectivity index (χ4n) is 5.61. The second-order valence-electron chi connectivity index (χ2n) is 9.38. The summed E-state index contributed by atoms with van der Waals surface area (Å²) in [6.07, 6.45) is 0.237. The minimum Gasteiger partial charge on any atom is -0.479 e. The molecule has 184 valence electrons. The van der Waals surface area contributed by atoms with Gasteiger partial charge in [0.1, 0.15) is 11.4 Å². The molecular weight excluding hydrogens is 476 g/mol. The van der Waals surface area contributed by atoms with Crippen LogP contribution in [0.15, 0.2) is 91.0 Å². The number of rotatable bonds is 7. The van der Waals surface area contributed by atoms with E-state index in [4.69, 9.17) is 0 Å². The minimum atomic E-state index is -1.86. The Morgan fingerprint density at radius 1 is 0.917 bits per heavy atom. The topological polar surface area (TPSA) is 104 Å². The number of hydrogen-bond acceptors (Lipinski definition) is 4. The standard InChI is InChI=1S/C28H26N2O5S/c1-27(18-20-13-7-3-8-14-20)28(26(33)34,21-15-9-4-10-16-21)30-24(32)23(25(30)36(27)35)29-22(31)17-19-11-5-2-6-12-19/h2-16,23,25H,17-18H2,1H3,(H,29,31)(H,33,34)/t23-,25+,27?,28-,36+/m0/s1. The number of aliphatic carboxylic acids is 1. The van der Waals surface area contributed by atoms with Crippen molar-refractivity contribution in [2.45, 2.75) is 41.5 Å². The monoisotopic (exact) mass is 502 g/mol. The Kier molecular flexibility index (Phi) is 6.00. The Hall–Kier alpha value is -3.78. The highest BCUT2D eigenvalue weighted by Crippen LogP contribution is 2.57. The Bertz CT molecular complexity index is 1330. The average Bonchev–Trinajstić information content (AvgIpc) is 3.06. The fraction of sp³-hybridized carbons (Fsp3) is 0.250. The van der Waals surface area contributed by atoms with E-state index in [1.807, 2.05) is 60.7 Å². The van der Waals surface area contributed by atoms with Gasteiger partial charge in [0, 0.05) is 0 Å². The van der Waals surface area contributed by atoms with Crippen molar-refractivity contribution in [3.8, 4) is 0 Å². The summed E-state index contributed by atoms with van der Waals surface area (Å²) < 4.78 is 12.8. The molecule has 2 fully saturated rings. The molecule has 8 heteroatoms. The van der Waals surface area contributed by atoms with Crippen LogP contribution >= 0.6 is 0 Å². The van der Waals surface area contributed by atoms with E-state index >= 15 is 0 Å². The van der Waals surface area contributed by atoms with Gasteiger partial charge in [0.25, 0.3) is 5.91 Å². The molecule has 7 nitrogen and oxygen atoms in total. The van der Waals surface area contributed by atoms with Gasteiger partial charge >= 0.3 is 5.97 Å². The van der Waals surface area contributed by atoms with Crippen LogP contribution in [0.25, 0.3) is 0 Å². The lowest BCUT2D eigenvalue weighted by molar-refractivity contribution is -0.173. The summed E-state index contributed by atoms with van der Waals surface area (Å²) in [6, 6.07) is 25.8. The van der Waals surface area contributed by atoms with Crippen LogP contribution in [0.2, 0.25) is 0 Å². The molecule has 2 aliphatic rings. The first-order valence-corrected chi connectivity index (χ1v) is 12.9. The third-order valence-electron chi connectivity index (χ3n) is 7.24. The molecule has 2 N–H and O–H groups in total. The highest BCUT2D eigenvalue weighted by molar-refractivity contribution is 7.87. The van der Waals surface area contributed by atoms with Gasteiger partial charge in [0.2, 0.25) is 5.91 Å². The number of amides is 2. The van der Waals surface area contributed by atoms with Crippen LogP contribution in [-0.2, 0) is 43.6 Å². The van der Waals surface area contributed by atoms with E-state index in [0.717, 1.165) is 11.1 Å². The molecule has 3 aromatic rings. The van der Waals surface area contributed by atoms with Gasteiger partial charge in [0.05, 0.1) is 22.0 Å². The normalized spacial score (nSPS) is 28.8.